The van der Waals surface area contributed by atoms with Crippen LogP contribution in [0.25, 0.3) is 0 Å². The zero-order valence-corrected chi connectivity index (χ0v) is 8.16. The van der Waals surface area contributed by atoms with Crippen molar-refractivity contribution in [1.82, 2.24) is 0 Å². The van der Waals surface area contributed by atoms with Crippen molar-refractivity contribution in [2.45, 2.75) is 25.7 Å². The number of hydrogen-bond donors (Lipinski definition) is 1. The zero-order valence-electron chi connectivity index (χ0n) is 8.16. The molecule has 0 aromatic carbocycles. The molecule has 2 aliphatic carbocycles. The lowest BCUT2D eigenvalue weighted by Gasteiger charge is -2.46. The summed E-state index contributed by atoms with van der Waals surface area (Å²) in [7, 11) is 1.50. The molecule has 0 atom stereocenters. The Labute approximate surface area is 79.6 Å². The second-order valence-corrected chi connectivity index (χ2v) is 3.20. The predicted molar refractivity (Wildman–Crippen MR) is 50.8 cm³/mol. The van der Waals surface area contributed by atoms with Crippen LogP contribution in [0.5, 0.6) is 0 Å². The highest BCUT2D eigenvalue weighted by Gasteiger charge is 2.37. The molecular formula is C10H18NO2-. The number of carboxylic acid groups (broad SMARTS) is 1. The van der Waals surface area contributed by atoms with Gasteiger partial charge in [0.2, 0.25) is 0 Å². The summed E-state index contributed by atoms with van der Waals surface area (Å²) in [4.78, 5) is 9.14. The highest BCUT2D eigenvalue weighted by Crippen LogP contribution is 2.49. The van der Waals surface area contributed by atoms with Gasteiger partial charge in [0.25, 0.3) is 0 Å². The van der Waals surface area contributed by atoms with Crippen LogP contribution in [0.1, 0.15) is 25.7 Å². The maximum absolute atomic E-state index is 9.14. The van der Waals surface area contributed by atoms with Crippen LogP contribution in [0, 0.1) is 11.8 Å². The van der Waals surface area contributed by atoms with Gasteiger partial charge in [-0.1, -0.05) is 6.58 Å². The second-order valence-electron chi connectivity index (χ2n) is 3.20. The Balaban J connectivity index is 0.000000191. The third-order valence-corrected chi connectivity index (χ3v) is 2.65. The fourth-order valence-corrected chi connectivity index (χ4v) is 1.56. The van der Waals surface area contributed by atoms with Gasteiger partial charge in [-0.05, 0) is 50.6 Å². The zero-order chi connectivity index (χ0) is 10.3. The molecular weight excluding hydrogens is 166 g/mol. The topological polar surface area (TPSA) is 66.1 Å². The Hall–Kier alpha value is -0.830. The Bertz CT molecular complexity index is 150. The van der Waals surface area contributed by atoms with Gasteiger partial charge in [0.1, 0.15) is 0 Å². The van der Waals surface area contributed by atoms with Crippen LogP contribution in [0.2, 0.25) is 0 Å². The molecule has 0 bridgehead atoms. The summed E-state index contributed by atoms with van der Waals surface area (Å²) in [5, 5.41) is 9.14. The highest BCUT2D eigenvalue weighted by atomic mass is 16.4. The number of nitrogens with two attached hydrogens (primary N) is 1. The molecule has 13 heavy (non-hydrogen) atoms. The summed E-state index contributed by atoms with van der Waals surface area (Å²) in [6.07, 6.45) is 6.96. The normalized spacial score (nSPS) is 26.9. The lowest BCUT2D eigenvalue weighted by Crippen LogP contribution is -2.34. The summed E-state index contributed by atoms with van der Waals surface area (Å²) in [5.74, 6) is 1.19. The van der Waals surface area contributed by atoms with E-state index in [4.69, 9.17) is 9.90 Å². The molecule has 76 valence electrons. The summed E-state index contributed by atoms with van der Waals surface area (Å²) in [5.41, 5.74) is 4.50. The van der Waals surface area contributed by atoms with E-state index in [1.54, 1.807) is 25.7 Å². The fraction of sp³-hybridized carbons (Fsp3) is 0.700. The molecule has 2 saturated carbocycles. The van der Waals surface area contributed by atoms with Crippen LogP contribution >= 0.6 is 0 Å². The van der Waals surface area contributed by atoms with Gasteiger partial charge in [0.15, 0.2) is 0 Å². The molecule has 2 fully saturated rings. The number of carbonyl (C=O) groups is 1. The van der Waals surface area contributed by atoms with Crippen molar-refractivity contribution in [2.75, 3.05) is 7.05 Å². The number of aliphatic carboxylic acids is 1. The van der Waals surface area contributed by atoms with Gasteiger partial charge >= 0.3 is 0 Å². The third-order valence-electron chi connectivity index (χ3n) is 2.65. The maximum atomic E-state index is 9.14. The van der Waals surface area contributed by atoms with E-state index in [0.717, 1.165) is 6.08 Å². The number of carboxylic acids is 1. The first kappa shape index (κ1) is 12.2. The number of rotatable bonds is 1. The minimum Gasteiger partial charge on any atom is -0.545 e. The summed E-state index contributed by atoms with van der Waals surface area (Å²) < 4.78 is 0. The first-order valence-electron chi connectivity index (χ1n) is 4.65. The largest absolute Gasteiger partial charge is 0.545 e. The highest BCUT2D eigenvalue weighted by molar-refractivity contribution is 5.76. The molecule has 2 aliphatic rings. The van der Waals surface area contributed by atoms with E-state index in [1.807, 2.05) is 0 Å². The van der Waals surface area contributed by atoms with Crippen LogP contribution in [-0.4, -0.2) is 13.0 Å². The molecule has 0 aromatic heterocycles. The molecule has 0 amide bonds. The van der Waals surface area contributed by atoms with Gasteiger partial charge in [0.05, 0.1) is 5.97 Å². The van der Waals surface area contributed by atoms with Crippen molar-refractivity contribution in [3.05, 3.63) is 12.7 Å². The van der Waals surface area contributed by atoms with Crippen molar-refractivity contribution in [1.29, 1.82) is 0 Å². The van der Waals surface area contributed by atoms with Gasteiger partial charge in [-0.2, -0.15) is 0 Å². The van der Waals surface area contributed by atoms with Gasteiger partial charge in [-0.25, -0.2) is 0 Å². The van der Waals surface area contributed by atoms with E-state index in [0.29, 0.717) is 0 Å². The Kier molecular flexibility index (Phi) is 6.24. The first-order chi connectivity index (χ1) is 6.24. The van der Waals surface area contributed by atoms with Crippen molar-refractivity contribution >= 4 is 5.97 Å². The summed E-state index contributed by atoms with van der Waals surface area (Å²) in [6, 6.07) is 0. The number of fused-ring (bicyclic) bond motifs is 1. The van der Waals surface area contributed by atoms with E-state index in [9.17, 15) is 0 Å². The van der Waals surface area contributed by atoms with Crippen molar-refractivity contribution < 1.29 is 9.90 Å². The third kappa shape index (κ3) is 4.08. The minimum absolute atomic E-state index is 0.722. The molecule has 0 aromatic rings. The molecule has 3 heteroatoms. The molecule has 3 nitrogen and oxygen atoms in total. The van der Waals surface area contributed by atoms with Crippen molar-refractivity contribution in [3.8, 4) is 0 Å². The monoisotopic (exact) mass is 184 g/mol. The summed E-state index contributed by atoms with van der Waals surface area (Å²) in [6.45, 7) is 2.90. The van der Waals surface area contributed by atoms with Gasteiger partial charge in [-0.15, -0.1) is 0 Å². The molecule has 0 aliphatic heterocycles. The smallest absolute Gasteiger partial charge is 0.0636 e. The van der Waals surface area contributed by atoms with Crippen LogP contribution in [0.15, 0.2) is 12.7 Å². The quantitative estimate of drug-likeness (QED) is 0.596. The molecule has 0 saturated heterocycles. The second kappa shape index (κ2) is 6.66. The number of carbonyl (C=O) groups excluding carboxylic acids is 1. The molecule has 2 rings (SSSR count). The van der Waals surface area contributed by atoms with E-state index >= 15 is 0 Å². The Morgan fingerprint density at radius 1 is 1.31 bits per heavy atom. The lowest BCUT2D eigenvalue weighted by atomic mass is 9.60. The maximum Gasteiger partial charge on any atom is 0.0636 e. The van der Waals surface area contributed by atoms with Crippen LogP contribution < -0.4 is 10.8 Å². The lowest BCUT2D eigenvalue weighted by molar-refractivity contribution is -0.297. The minimum atomic E-state index is -1.23. The van der Waals surface area contributed by atoms with E-state index in [2.05, 4.69) is 12.3 Å². The molecule has 0 spiro atoms. The molecule has 2 N–H and O–H groups in total. The first-order valence-corrected chi connectivity index (χ1v) is 4.65. The Morgan fingerprint density at radius 3 is 1.54 bits per heavy atom. The van der Waals surface area contributed by atoms with Gasteiger partial charge < -0.3 is 15.6 Å². The van der Waals surface area contributed by atoms with Crippen molar-refractivity contribution in [3.63, 3.8) is 0 Å². The SMILES string of the molecule is C1CC2CCC12.C=CC(=O)[O-].CN. The molecule has 0 unspecified atom stereocenters. The molecule has 0 radical (unpaired) electrons. The van der Waals surface area contributed by atoms with Gasteiger partial charge in [-0.3, -0.25) is 0 Å². The van der Waals surface area contributed by atoms with E-state index < -0.39 is 5.97 Å². The Morgan fingerprint density at radius 2 is 1.54 bits per heavy atom. The summed E-state index contributed by atoms with van der Waals surface area (Å²) >= 11 is 0. The molecule has 0 heterocycles. The van der Waals surface area contributed by atoms with Crippen molar-refractivity contribution in [2.24, 2.45) is 17.6 Å². The fourth-order valence-electron chi connectivity index (χ4n) is 1.56. The number of hydrogen-bond acceptors (Lipinski definition) is 3. The average molecular weight is 184 g/mol. The van der Waals surface area contributed by atoms with E-state index in [1.165, 1.54) is 18.9 Å². The van der Waals surface area contributed by atoms with E-state index in [-0.39, 0.29) is 0 Å². The van der Waals surface area contributed by atoms with Crippen LogP contribution in [0.3, 0.4) is 0 Å². The van der Waals surface area contributed by atoms with Gasteiger partial charge in [0, 0.05) is 0 Å². The average Bonchev–Trinajstić information content (AvgIpc) is 2.15. The predicted octanol–water partition coefficient (Wildman–Crippen LogP) is 0.304. The van der Waals surface area contributed by atoms with Crippen LogP contribution in [-0.2, 0) is 4.79 Å². The standard InChI is InChI=1S/C6H10.C3H4O2.CH5N/c1-2-6-4-3-5(1)6;1-2-3(4)5;1-2/h5-6H,1-4H2;2H,1H2,(H,4,5);2H2,1H3/p-1. The van der Waals surface area contributed by atoms with Crippen LogP contribution in [0.4, 0.5) is 0 Å².